The number of nitrogens with zero attached hydrogens (tertiary/aromatic N) is 3. The maximum Gasteiger partial charge on any atom is 0.348 e. The van der Waals surface area contributed by atoms with Crippen LogP contribution in [0.2, 0.25) is 0 Å². The smallest absolute Gasteiger partial charge is 0.348 e. The number of hydrogen-bond donors (Lipinski definition) is 0. The molecule has 3 aromatic rings. The molecule has 0 saturated carbocycles. The van der Waals surface area contributed by atoms with Crippen LogP contribution in [0, 0.1) is 18.3 Å². The maximum absolute atomic E-state index is 13.2. The molecular formula is C24H23N3O4. The van der Waals surface area contributed by atoms with Gasteiger partial charge in [0.25, 0.3) is 5.56 Å². The fraction of sp³-hybridized carbons (Fsp3) is 0.250. The highest BCUT2D eigenvalue weighted by molar-refractivity contribution is 5.98. The molecule has 0 N–H and O–H groups in total. The Labute approximate surface area is 180 Å². The third-order valence-electron chi connectivity index (χ3n) is 4.64. The first-order valence-corrected chi connectivity index (χ1v) is 9.94. The summed E-state index contributed by atoms with van der Waals surface area (Å²) in [6.45, 7) is 7.76. The summed E-state index contributed by atoms with van der Waals surface area (Å²) >= 11 is 0. The second-order valence-corrected chi connectivity index (χ2v) is 7.25. The molecule has 0 aliphatic carbocycles. The molecule has 0 spiro atoms. The summed E-state index contributed by atoms with van der Waals surface area (Å²) < 4.78 is 12.4. The van der Waals surface area contributed by atoms with Crippen molar-refractivity contribution in [3.05, 3.63) is 75.2 Å². The lowest BCUT2D eigenvalue weighted by Crippen LogP contribution is -2.19. The minimum atomic E-state index is -0.813. The molecule has 0 radical (unpaired) electrons. The van der Waals surface area contributed by atoms with Crippen molar-refractivity contribution < 1.29 is 14.3 Å². The number of nitriles is 1. The van der Waals surface area contributed by atoms with Crippen LogP contribution >= 0.6 is 0 Å². The molecule has 0 aliphatic rings. The lowest BCUT2D eigenvalue weighted by Gasteiger charge is -2.16. The van der Waals surface area contributed by atoms with Gasteiger partial charge in [0.15, 0.2) is 0 Å². The Morgan fingerprint density at radius 3 is 2.74 bits per heavy atom. The predicted molar refractivity (Wildman–Crippen MR) is 117 cm³/mol. The molecule has 0 atom stereocenters. The molecule has 31 heavy (non-hydrogen) atoms. The second kappa shape index (κ2) is 9.26. The summed E-state index contributed by atoms with van der Waals surface area (Å²) in [5.41, 5.74) is 1.53. The molecule has 0 fully saturated rings. The van der Waals surface area contributed by atoms with E-state index in [-0.39, 0.29) is 29.5 Å². The topological polar surface area (TPSA) is 93.7 Å². The van der Waals surface area contributed by atoms with E-state index in [1.165, 1.54) is 10.5 Å². The lowest BCUT2D eigenvalue weighted by atomic mass is 10.0. The van der Waals surface area contributed by atoms with E-state index in [0.717, 1.165) is 11.1 Å². The zero-order valence-corrected chi connectivity index (χ0v) is 17.9. The van der Waals surface area contributed by atoms with Gasteiger partial charge in [-0.05, 0) is 55.2 Å². The number of hydrogen-bond acceptors (Lipinski definition) is 6. The third-order valence-corrected chi connectivity index (χ3v) is 4.64. The number of aryl methyl sites for hydroxylation is 1. The van der Waals surface area contributed by atoms with Gasteiger partial charge in [0, 0.05) is 6.20 Å². The number of aromatic nitrogens is 2. The van der Waals surface area contributed by atoms with Crippen molar-refractivity contribution in [2.45, 2.75) is 33.6 Å². The van der Waals surface area contributed by atoms with Crippen molar-refractivity contribution in [2.75, 3.05) is 6.61 Å². The number of benzene rings is 1. The molecule has 0 saturated heterocycles. The Morgan fingerprint density at radius 1 is 1.29 bits per heavy atom. The van der Waals surface area contributed by atoms with Gasteiger partial charge >= 0.3 is 5.97 Å². The van der Waals surface area contributed by atoms with Gasteiger partial charge in [0.05, 0.1) is 6.61 Å². The standard InChI is InChI=1S/C24H23N3O4/c1-5-30-24(29)17(14-25)13-19-22(26-21-8-6-7-11-27(21)23(19)28)31-20-12-16(4)9-10-18(20)15(2)3/h6-13,15H,5H2,1-4H3/b17-13+. The first kappa shape index (κ1) is 21.8. The monoisotopic (exact) mass is 417 g/mol. The summed E-state index contributed by atoms with van der Waals surface area (Å²) in [4.78, 5) is 29.8. The normalized spacial score (nSPS) is 11.4. The van der Waals surface area contributed by atoms with E-state index in [1.54, 1.807) is 37.4 Å². The van der Waals surface area contributed by atoms with Crippen molar-refractivity contribution >= 4 is 17.7 Å². The predicted octanol–water partition coefficient (Wildman–Crippen LogP) is 4.39. The highest BCUT2D eigenvalue weighted by atomic mass is 16.5. The van der Waals surface area contributed by atoms with E-state index in [9.17, 15) is 14.9 Å². The highest BCUT2D eigenvalue weighted by Crippen LogP contribution is 2.32. The number of pyridine rings is 1. The van der Waals surface area contributed by atoms with Crippen LogP contribution in [0.1, 0.15) is 43.4 Å². The van der Waals surface area contributed by atoms with Crippen molar-refractivity contribution in [3.8, 4) is 17.7 Å². The fourth-order valence-corrected chi connectivity index (χ4v) is 3.08. The third kappa shape index (κ3) is 4.64. The highest BCUT2D eigenvalue weighted by Gasteiger charge is 2.19. The van der Waals surface area contributed by atoms with Gasteiger partial charge in [0.2, 0.25) is 5.88 Å². The first-order chi connectivity index (χ1) is 14.8. The van der Waals surface area contributed by atoms with Gasteiger partial charge in [-0.25, -0.2) is 4.79 Å². The molecule has 2 aromatic heterocycles. The van der Waals surface area contributed by atoms with E-state index in [1.807, 2.05) is 39.0 Å². The Bertz CT molecular complexity index is 1270. The molecule has 0 aliphatic heterocycles. The molecule has 0 bridgehead atoms. The Morgan fingerprint density at radius 2 is 2.06 bits per heavy atom. The number of ether oxygens (including phenoxy) is 2. The lowest BCUT2D eigenvalue weighted by molar-refractivity contribution is -0.137. The van der Waals surface area contributed by atoms with E-state index in [0.29, 0.717) is 11.4 Å². The molecule has 7 nitrogen and oxygen atoms in total. The van der Waals surface area contributed by atoms with Crippen LogP contribution in [0.25, 0.3) is 11.7 Å². The Balaban J connectivity index is 2.25. The fourth-order valence-electron chi connectivity index (χ4n) is 3.08. The summed E-state index contributed by atoms with van der Waals surface area (Å²) in [5, 5.41) is 9.43. The summed E-state index contributed by atoms with van der Waals surface area (Å²) in [6.07, 6.45) is 2.74. The van der Waals surface area contributed by atoms with Crippen LogP contribution in [0.15, 0.2) is 53.0 Å². The van der Waals surface area contributed by atoms with Crippen molar-refractivity contribution in [1.82, 2.24) is 9.38 Å². The quantitative estimate of drug-likeness (QED) is 0.335. The molecule has 1 aromatic carbocycles. The number of fused-ring (bicyclic) bond motifs is 1. The van der Waals surface area contributed by atoms with Crippen LogP contribution in [0.3, 0.4) is 0 Å². The van der Waals surface area contributed by atoms with Crippen molar-refractivity contribution in [3.63, 3.8) is 0 Å². The summed E-state index contributed by atoms with van der Waals surface area (Å²) in [5.74, 6) is -0.0653. The van der Waals surface area contributed by atoms with E-state index >= 15 is 0 Å². The largest absolute Gasteiger partial charge is 0.462 e. The number of carbonyl (C=O) groups excluding carboxylic acids is 1. The molecule has 0 amide bonds. The minimum absolute atomic E-state index is 0.00971. The average Bonchev–Trinajstić information content (AvgIpc) is 2.73. The first-order valence-electron chi connectivity index (χ1n) is 9.94. The van der Waals surface area contributed by atoms with Crippen LogP contribution < -0.4 is 10.3 Å². The molecule has 3 rings (SSSR count). The summed E-state index contributed by atoms with van der Waals surface area (Å²) in [7, 11) is 0. The van der Waals surface area contributed by atoms with Crippen molar-refractivity contribution in [2.24, 2.45) is 0 Å². The van der Waals surface area contributed by atoms with Crippen LogP contribution in [0.4, 0.5) is 0 Å². The van der Waals surface area contributed by atoms with Gasteiger partial charge in [-0.15, -0.1) is 0 Å². The average molecular weight is 417 g/mol. The minimum Gasteiger partial charge on any atom is -0.462 e. The van der Waals surface area contributed by atoms with Crippen LogP contribution in [-0.2, 0) is 9.53 Å². The van der Waals surface area contributed by atoms with E-state index < -0.39 is 11.5 Å². The molecular weight excluding hydrogens is 394 g/mol. The van der Waals surface area contributed by atoms with E-state index in [2.05, 4.69) is 4.98 Å². The molecule has 0 unspecified atom stereocenters. The maximum atomic E-state index is 13.2. The summed E-state index contributed by atoms with van der Waals surface area (Å²) in [6, 6.07) is 12.7. The Kier molecular flexibility index (Phi) is 6.51. The van der Waals surface area contributed by atoms with Gasteiger partial charge in [-0.1, -0.05) is 32.0 Å². The van der Waals surface area contributed by atoms with Gasteiger partial charge < -0.3 is 9.47 Å². The SMILES string of the molecule is CCOC(=O)/C(C#N)=C/c1c(Oc2cc(C)ccc2C(C)C)nc2ccccn2c1=O. The Hall–Kier alpha value is -3.92. The van der Waals surface area contributed by atoms with Crippen LogP contribution in [-0.4, -0.2) is 22.0 Å². The zero-order valence-electron chi connectivity index (χ0n) is 17.9. The number of rotatable bonds is 6. The number of esters is 1. The molecule has 7 heteroatoms. The van der Waals surface area contributed by atoms with Gasteiger partial charge in [0.1, 0.15) is 28.6 Å². The van der Waals surface area contributed by atoms with Crippen LogP contribution in [0.5, 0.6) is 11.6 Å². The zero-order chi connectivity index (χ0) is 22.5. The van der Waals surface area contributed by atoms with Gasteiger partial charge in [-0.3, -0.25) is 9.20 Å². The van der Waals surface area contributed by atoms with E-state index in [4.69, 9.17) is 9.47 Å². The molecule has 158 valence electrons. The number of carbonyl (C=O) groups is 1. The second-order valence-electron chi connectivity index (χ2n) is 7.25. The van der Waals surface area contributed by atoms with Gasteiger partial charge in [-0.2, -0.15) is 10.2 Å². The van der Waals surface area contributed by atoms with Crippen molar-refractivity contribution in [1.29, 1.82) is 5.26 Å². The molecule has 2 heterocycles.